The summed E-state index contributed by atoms with van der Waals surface area (Å²) in [6.45, 7) is 3.04. The second-order valence-electron chi connectivity index (χ2n) is 7.06. The van der Waals surface area contributed by atoms with Gasteiger partial charge in [-0.25, -0.2) is 13.1 Å². The number of benzene rings is 1. The summed E-state index contributed by atoms with van der Waals surface area (Å²) in [7, 11) is -3.45. The second kappa shape index (κ2) is 7.75. The first-order valence-corrected chi connectivity index (χ1v) is 10.5. The Kier molecular flexibility index (Phi) is 5.62. The number of sulfonamides is 1. The first-order chi connectivity index (χ1) is 12.3. The van der Waals surface area contributed by atoms with E-state index in [1.165, 1.54) is 6.92 Å². The molecule has 1 aromatic carbocycles. The zero-order chi connectivity index (χ0) is 18.7. The lowest BCUT2D eigenvalue weighted by Gasteiger charge is -2.31. The van der Waals surface area contributed by atoms with Crippen LogP contribution in [0.3, 0.4) is 0 Å². The third-order valence-corrected chi connectivity index (χ3v) is 6.37. The van der Waals surface area contributed by atoms with Gasteiger partial charge in [0.2, 0.25) is 21.8 Å². The Labute approximate surface area is 154 Å². The molecule has 1 saturated heterocycles. The Bertz CT molecular complexity index is 772. The van der Waals surface area contributed by atoms with Gasteiger partial charge in [0.25, 0.3) is 0 Å². The quantitative estimate of drug-likeness (QED) is 0.771. The largest absolute Gasteiger partial charge is 0.352 e. The highest BCUT2D eigenvalue weighted by Gasteiger charge is 2.28. The lowest BCUT2D eigenvalue weighted by atomic mass is 9.97. The van der Waals surface area contributed by atoms with Crippen LogP contribution in [0.4, 0.5) is 0 Å². The number of carbonyl (C=O) groups excluding carboxylic acids is 2. The van der Waals surface area contributed by atoms with Crippen LogP contribution >= 0.6 is 0 Å². The maximum Gasteiger partial charge on any atom is 0.240 e. The molecule has 1 aliphatic carbocycles. The highest BCUT2D eigenvalue weighted by Crippen LogP contribution is 2.22. The van der Waals surface area contributed by atoms with Gasteiger partial charge in [-0.1, -0.05) is 12.1 Å². The molecule has 1 aliphatic heterocycles. The lowest BCUT2D eigenvalue weighted by molar-refractivity contribution is -0.134. The summed E-state index contributed by atoms with van der Waals surface area (Å²) in [5.74, 6) is -0.253. The minimum atomic E-state index is -3.45. The molecule has 142 valence electrons. The van der Waals surface area contributed by atoms with Crippen LogP contribution < -0.4 is 10.0 Å². The van der Waals surface area contributed by atoms with Crippen LogP contribution in [0, 0.1) is 5.92 Å². The highest BCUT2D eigenvalue weighted by atomic mass is 32.2. The van der Waals surface area contributed by atoms with Crippen LogP contribution in [0.25, 0.3) is 0 Å². The average Bonchev–Trinajstić information content (AvgIpc) is 3.43. The van der Waals surface area contributed by atoms with Crippen LogP contribution in [-0.4, -0.2) is 44.3 Å². The summed E-state index contributed by atoms with van der Waals surface area (Å²) >= 11 is 0. The molecule has 2 N–H and O–H groups in total. The van der Waals surface area contributed by atoms with Crippen molar-refractivity contribution in [3.05, 3.63) is 29.8 Å². The van der Waals surface area contributed by atoms with Crippen molar-refractivity contribution in [2.75, 3.05) is 13.1 Å². The molecule has 26 heavy (non-hydrogen) atoms. The van der Waals surface area contributed by atoms with Crippen molar-refractivity contribution in [3.63, 3.8) is 0 Å². The number of likely N-dealkylation sites (tertiary alicyclic amines) is 1. The molecule has 1 aromatic rings. The average molecular weight is 379 g/mol. The molecule has 3 rings (SSSR count). The number of amides is 2. The minimum absolute atomic E-state index is 0.000829. The molecule has 0 bridgehead atoms. The molecule has 1 saturated carbocycles. The number of hydrogen-bond acceptors (Lipinski definition) is 4. The van der Waals surface area contributed by atoms with Crippen molar-refractivity contribution in [1.29, 1.82) is 0 Å². The fourth-order valence-electron chi connectivity index (χ4n) is 3.09. The SMILES string of the molecule is CC(=O)N1CCC[C@@H](C(=O)NCc2ccc(S(=O)(=O)NC3CC3)cc2)C1. The van der Waals surface area contributed by atoms with Gasteiger partial charge in [0.05, 0.1) is 10.8 Å². The Morgan fingerprint density at radius 2 is 1.85 bits per heavy atom. The number of rotatable bonds is 6. The van der Waals surface area contributed by atoms with E-state index >= 15 is 0 Å². The van der Waals surface area contributed by atoms with Crippen LogP contribution in [0.1, 0.15) is 38.2 Å². The fraction of sp³-hybridized carbons (Fsp3) is 0.556. The van der Waals surface area contributed by atoms with Crippen LogP contribution in [0.2, 0.25) is 0 Å². The van der Waals surface area contributed by atoms with E-state index in [1.807, 2.05) is 0 Å². The molecular formula is C18H25N3O4S. The van der Waals surface area contributed by atoms with Crippen molar-refractivity contribution in [2.24, 2.45) is 5.92 Å². The van der Waals surface area contributed by atoms with Crippen molar-refractivity contribution in [2.45, 2.75) is 50.1 Å². The maximum atomic E-state index is 12.3. The van der Waals surface area contributed by atoms with E-state index in [4.69, 9.17) is 0 Å². The number of hydrogen-bond donors (Lipinski definition) is 2. The Morgan fingerprint density at radius 3 is 2.46 bits per heavy atom. The summed E-state index contributed by atoms with van der Waals surface area (Å²) < 4.78 is 26.9. The molecule has 2 aliphatic rings. The molecule has 0 unspecified atom stereocenters. The minimum Gasteiger partial charge on any atom is -0.352 e. The maximum absolute atomic E-state index is 12.3. The Hall–Kier alpha value is -1.93. The van der Waals surface area contributed by atoms with E-state index in [0.717, 1.165) is 31.2 Å². The van der Waals surface area contributed by atoms with Gasteiger partial charge in [0, 0.05) is 32.6 Å². The third-order valence-electron chi connectivity index (χ3n) is 4.84. The van der Waals surface area contributed by atoms with Crippen LogP contribution in [0.5, 0.6) is 0 Å². The van der Waals surface area contributed by atoms with Gasteiger partial charge in [0.1, 0.15) is 0 Å². The predicted octanol–water partition coefficient (Wildman–Crippen LogP) is 1.00. The summed E-state index contributed by atoms with van der Waals surface area (Å²) in [5.41, 5.74) is 0.836. The molecule has 0 aromatic heterocycles. The molecule has 7 nitrogen and oxygen atoms in total. The number of nitrogens with zero attached hydrogens (tertiary/aromatic N) is 1. The smallest absolute Gasteiger partial charge is 0.240 e. The predicted molar refractivity (Wildman–Crippen MR) is 96.6 cm³/mol. The van der Waals surface area contributed by atoms with Gasteiger partial charge in [-0.15, -0.1) is 0 Å². The van der Waals surface area contributed by atoms with E-state index in [-0.39, 0.29) is 28.7 Å². The summed E-state index contributed by atoms with van der Waals surface area (Å²) in [4.78, 5) is 25.8. The zero-order valence-corrected chi connectivity index (χ0v) is 15.7. The summed E-state index contributed by atoms with van der Waals surface area (Å²) in [6, 6.07) is 6.62. The van der Waals surface area contributed by atoms with Crippen molar-refractivity contribution in [3.8, 4) is 0 Å². The second-order valence-corrected chi connectivity index (χ2v) is 8.78. The van der Waals surface area contributed by atoms with Crippen molar-refractivity contribution >= 4 is 21.8 Å². The summed E-state index contributed by atoms with van der Waals surface area (Å²) in [5, 5.41) is 2.89. The lowest BCUT2D eigenvalue weighted by Crippen LogP contribution is -2.44. The Morgan fingerprint density at radius 1 is 1.15 bits per heavy atom. The standard InChI is InChI=1S/C18H25N3O4S/c1-13(22)21-10-2-3-15(12-21)18(23)19-11-14-4-8-17(9-5-14)26(24,25)20-16-6-7-16/h4-5,8-9,15-16,20H,2-3,6-7,10-12H2,1H3,(H,19,23)/t15-/m1/s1. The van der Waals surface area contributed by atoms with E-state index in [0.29, 0.717) is 19.6 Å². The molecule has 0 radical (unpaired) electrons. The van der Waals surface area contributed by atoms with Gasteiger partial charge in [0.15, 0.2) is 0 Å². The van der Waals surface area contributed by atoms with Crippen molar-refractivity contribution < 1.29 is 18.0 Å². The normalized spacial score (nSPS) is 20.7. The molecular weight excluding hydrogens is 354 g/mol. The summed E-state index contributed by atoms with van der Waals surface area (Å²) in [6.07, 6.45) is 3.40. The molecule has 1 atom stereocenters. The number of piperidine rings is 1. The first-order valence-electron chi connectivity index (χ1n) is 8.99. The van der Waals surface area contributed by atoms with Crippen molar-refractivity contribution in [1.82, 2.24) is 14.9 Å². The molecule has 1 heterocycles. The van der Waals surface area contributed by atoms with E-state index in [1.54, 1.807) is 29.2 Å². The first kappa shape index (κ1) is 18.8. The van der Waals surface area contributed by atoms with Gasteiger partial charge in [-0.2, -0.15) is 0 Å². The highest BCUT2D eigenvalue weighted by molar-refractivity contribution is 7.89. The fourth-order valence-corrected chi connectivity index (χ4v) is 4.39. The van der Waals surface area contributed by atoms with Crippen LogP contribution in [0.15, 0.2) is 29.2 Å². The van der Waals surface area contributed by atoms with E-state index < -0.39 is 10.0 Å². The van der Waals surface area contributed by atoms with Gasteiger partial charge < -0.3 is 10.2 Å². The number of nitrogens with one attached hydrogen (secondary N) is 2. The Balaban J connectivity index is 1.53. The number of carbonyl (C=O) groups is 2. The van der Waals surface area contributed by atoms with Gasteiger partial charge in [-0.05, 0) is 43.4 Å². The van der Waals surface area contributed by atoms with Gasteiger partial charge in [-0.3, -0.25) is 9.59 Å². The van der Waals surface area contributed by atoms with E-state index in [9.17, 15) is 18.0 Å². The van der Waals surface area contributed by atoms with Crippen LogP contribution in [-0.2, 0) is 26.2 Å². The third kappa shape index (κ3) is 4.82. The molecule has 8 heteroatoms. The topological polar surface area (TPSA) is 95.6 Å². The zero-order valence-electron chi connectivity index (χ0n) is 14.9. The molecule has 2 amide bonds. The monoisotopic (exact) mass is 379 g/mol. The van der Waals surface area contributed by atoms with E-state index in [2.05, 4.69) is 10.0 Å². The molecule has 0 spiro atoms. The van der Waals surface area contributed by atoms with Gasteiger partial charge >= 0.3 is 0 Å². The molecule has 2 fully saturated rings.